The van der Waals surface area contributed by atoms with E-state index in [9.17, 15) is 0 Å². The monoisotopic (exact) mass is 102 g/mol. The summed E-state index contributed by atoms with van der Waals surface area (Å²) in [6, 6.07) is 0.861. The van der Waals surface area contributed by atoms with Gasteiger partial charge >= 0.3 is 0 Å². The summed E-state index contributed by atoms with van der Waals surface area (Å²) in [6.45, 7) is 2.44. The fraction of sp³-hybridized carbons (Fsp3) is 1.00. The molecule has 1 heterocycles. The summed E-state index contributed by atoms with van der Waals surface area (Å²) < 4.78 is 0. The smallest absolute Gasteiger partial charge is 0.135 e. The molecule has 2 nitrogen and oxygen atoms in total. The lowest BCUT2D eigenvalue weighted by atomic mass is 10.2. The Labute approximate surface area is 44.1 Å². The molecule has 7 heavy (non-hydrogen) atoms. The van der Waals surface area contributed by atoms with Crippen LogP contribution in [-0.2, 0) is 0 Å². The van der Waals surface area contributed by atoms with Crippen molar-refractivity contribution >= 4 is 0 Å². The van der Waals surface area contributed by atoms with Gasteiger partial charge < -0.3 is 11.1 Å². The van der Waals surface area contributed by atoms with Crippen LogP contribution in [0.3, 0.4) is 0 Å². The Morgan fingerprint density at radius 3 is 2.86 bits per heavy atom. The minimum atomic E-state index is 0.861. The van der Waals surface area contributed by atoms with Crippen molar-refractivity contribution in [3.8, 4) is 0 Å². The van der Waals surface area contributed by atoms with Crippen LogP contribution in [-0.4, -0.2) is 19.1 Å². The van der Waals surface area contributed by atoms with Crippen LogP contribution in [0.4, 0.5) is 0 Å². The second kappa shape index (κ2) is 2.28. The molecule has 0 aromatic heterocycles. The topological polar surface area (TPSA) is 44.2 Å². The molecule has 1 fully saturated rings. The lowest BCUT2D eigenvalue weighted by Crippen LogP contribution is -2.90. The second-order valence-electron chi connectivity index (χ2n) is 2.22. The molecule has 5 N–H and O–H groups in total. The van der Waals surface area contributed by atoms with Crippen molar-refractivity contribution in [1.82, 2.24) is 0 Å². The molecule has 1 aliphatic heterocycles. The van der Waals surface area contributed by atoms with Gasteiger partial charge in [0.1, 0.15) is 12.6 Å². The number of nitrogens with two attached hydrogens (primary N) is 1. The normalized spacial score (nSPS) is 31.3. The van der Waals surface area contributed by atoms with Crippen LogP contribution in [0.5, 0.6) is 0 Å². The molecule has 0 amide bonds. The van der Waals surface area contributed by atoms with E-state index in [1.54, 1.807) is 0 Å². The first-order valence-corrected chi connectivity index (χ1v) is 3.06. The summed E-state index contributed by atoms with van der Waals surface area (Å²) in [5.74, 6) is 0. The van der Waals surface area contributed by atoms with Gasteiger partial charge in [-0.2, -0.15) is 0 Å². The third kappa shape index (κ3) is 1.14. The van der Waals surface area contributed by atoms with E-state index in [2.05, 4.69) is 11.1 Å². The van der Waals surface area contributed by atoms with Crippen LogP contribution < -0.4 is 11.1 Å². The van der Waals surface area contributed by atoms with Crippen LogP contribution in [0.2, 0.25) is 0 Å². The average Bonchev–Trinajstić information content (AvgIpc) is 2.14. The molecule has 1 aliphatic rings. The molecular formula is C5H14N2+2. The largest absolute Gasteiger partial charge is 0.353 e. The molecule has 2 heteroatoms. The highest BCUT2D eigenvalue weighted by molar-refractivity contribution is 4.55. The standard InChI is InChI=1S/C5H12N2/c6-4-5-2-1-3-7-5/h5,7H,1-4,6H2/p+2. The molecule has 0 radical (unpaired) electrons. The van der Waals surface area contributed by atoms with Gasteiger partial charge in [0.15, 0.2) is 0 Å². The number of quaternary nitrogens is 2. The summed E-state index contributed by atoms with van der Waals surface area (Å²) in [7, 11) is 0. The maximum atomic E-state index is 3.84. The summed E-state index contributed by atoms with van der Waals surface area (Å²) in [4.78, 5) is 0. The minimum absolute atomic E-state index is 0.861. The average molecular weight is 102 g/mol. The first-order chi connectivity index (χ1) is 3.43. The van der Waals surface area contributed by atoms with Crippen LogP contribution in [0, 0.1) is 0 Å². The zero-order chi connectivity index (χ0) is 5.11. The zero-order valence-corrected chi connectivity index (χ0v) is 4.69. The third-order valence-corrected chi connectivity index (χ3v) is 1.65. The Kier molecular flexibility index (Phi) is 1.65. The second-order valence-corrected chi connectivity index (χ2v) is 2.22. The Morgan fingerprint density at radius 1 is 1.71 bits per heavy atom. The van der Waals surface area contributed by atoms with Crippen LogP contribution in [0.25, 0.3) is 0 Å². The molecule has 1 atom stereocenters. The van der Waals surface area contributed by atoms with Crippen molar-refractivity contribution in [1.29, 1.82) is 0 Å². The van der Waals surface area contributed by atoms with E-state index < -0.39 is 0 Å². The van der Waals surface area contributed by atoms with Gasteiger partial charge in [0.25, 0.3) is 0 Å². The Bertz CT molecular complexity index is 48.0. The predicted octanol–water partition coefficient (Wildman–Crippen LogP) is -2.05. The van der Waals surface area contributed by atoms with Crippen molar-refractivity contribution in [2.24, 2.45) is 0 Å². The van der Waals surface area contributed by atoms with Crippen molar-refractivity contribution in [2.75, 3.05) is 13.1 Å². The molecule has 1 rings (SSSR count). The van der Waals surface area contributed by atoms with Gasteiger partial charge in [0, 0.05) is 12.8 Å². The van der Waals surface area contributed by atoms with Crippen molar-refractivity contribution < 1.29 is 11.1 Å². The lowest BCUT2D eigenvalue weighted by Gasteiger charge is -1.95. The third-order valence-electron chi connectivity index (χ3n) is 1.65. The highest BCUT2D eigenvalue weighted by Gasteiger charge is 2.16. The van der Waals surface area contributed by atoms with E-state index in [0.29, 0.717) is 0 Å². The van der Waals surface area contributed by atoms with Gasteiger partial charge in [-0.25, -0.2) is 0 Å². The van der Waals surface area contributed by atoms with E-state index in [1.165, 1.54) is 19.4 Å². The van der Waals surface area contributed by atoms with Gasteiger partial charge in [0.05, 0.1) is 6.54 Å². The van der Waals surface area contributed by atoms with E-state index in [1.807, 2.05) is 0 Å². The van der Waals surface area contributed by atoms with E-state index in [0.717, 1.165) is 12.6 Å². The highest BCUT2D eigenvalue weighted by atomic mass is 15.0. The van der Waals surface area contributed by atoms with E-state index in [4.69, 9.17) is 0 Å². The molecule has 1 saturated heterocycles. The maximum absolute atomic E-state index is 3.84. The quantitative estimate of drug-likeness (QED) is 0.383. The SMILES string of the molecule is [NH3+]CC1CCC[NH2+]1. The highest BCUT2D eigenvalue weighted by Crippen LogP contribution is 1.92. The predicted molar refractivity (Wildman–Crippen MR) is 27.6 cm³/mol. The molecule has 0 aromatic rings. The summed E-state index contributed by atoms with van der Waals surface area (Å²) in [5, 5.41) is 2.40. The number of hydrogen-bond donors (Lipinski definition) is 2. The molecular weight excluding hydrogens is 88.1 g/mol. The van der Waals surface area contributed by atoms with Gasteiger partial charge in [-0.1, -0.05) is 0 Å². The van der Waals surface area contributed by atoms with Crippen LogP contribution >= 0.6 is 0 Å². The Balaban J connectivity index is 2.14. The van der Waals surface area contributed by atoms with E-state index >= 15 is 0 Å². The van der Waals surface area contributed by atoms with E-state index in [-0.39, 0.29) is 0 Å². The number of rotatable bonds is 1. The fourth-order valence-corrected chi connectivity index (χ4v) is 1.11. The van der Waals surface area contributed by atoms with Crippen LogP contribution in [0.15, 0.2) is 0 Å². The minimum Gasteiger partial charge on any atom is -0.353 e. The Morgan fingerprint density at radius 2 is 2.57 bits per heavy atom. The first kappa shape index (κ1) is 5.06. The van der Waals surface area contributed by atoms with Crippen LogP contribution in [0.1, 0.15) is 12.8 Å². The zero-order valence-electron chi connectivity index (χ0n) is 4.69. The van der Waals surface area contributed by atoms with Crippen molar-refractivity contribution in [2.45, 2.75) is 18.9 Å². The molecule has 42 valence electrons. The fourth-order valence-electron chi connectivity index (χ4n) is 1.11. The molecule has 0 saturated carbocycles. The Hall–Kier alpha value is -0.0800. The van der Waals surface area contributed by atoms with Gasteiger partial charge in [0.2, 0.25) is 0 Å². The summed E-state index contributed by atoms with van der Waals surface area (Å²) >= 11 is 0. The molecule has 0 bridgehead atoms. The summed E-state index contributed by atoms with van der Waals surface area (Å²) in [5.41, 5.74) is 3.84. The van der Waals surface area contributed by atoms with Gasteiger partial charge in [-0.05, 0) is 0 Å². The number of hydrogen-bond acceptors (Lipinski definition) is 0. The summed E-state index contributed by atoms with van der Waals surface area (Å²) in [6.07, 6.45) is 2.80. The lowest BCUT2D eigenvalue weighted by molar-refractivity contribution is -0.686. The molecule has 1 unspecified atom stereocenters. The van der Waals surface area contributed by atoms with Crippen molar-refractivity contribution in [3.05, 3.63) is 0 Å². The maximum Gasteiger partial charge on any atom is 0.135 e. The molecule has 0 aliphatic carbocycles. The van der Waals surface area contributed by atoms with Crippen molar-refractivity contribution in [3.63, 3.8) is 0 Å². The van der Waals surface area contributed by atoms with Gasteiger partial charge in [-0.3, -0.25) is 0 Å². The molecule has 0 aromatic carbocycles. The first-order valence-electron chi connectivity index (χ1n) is 3.06. The van der Waals surface area contributed by atoms with Gasteiger partial charge in [-0.15, -0.1) is 0 Å². The molecule has 0 spiro atoms.